The number of hydrogen-bond donors (Lipinski definition) is 1. The fourth-order valence-corrected chi connectivity index (χ4v) is 4.03. The lowest BCUT2D eigenvalue weighted by atomic mass is 10.2. The Balaban J connectivity index is 1.72. The average molecular weight is 360 g/mol. The molecule has 0 spiro atoms. The molecule has 1 atom stereocenters. The van der Waals surface area contributed by atoms with E-state index in [1.807, 2.05) is 31.2 Å². The van der Waals surface area contributed by atoms with Crippen molar-refractivity contribution in [2.24, 2.45) is 0 Å². The summed E-state index contributed by atoms with van der Waals surface area (Å²) in [5.41, 5.74) is 1.88. The van der Waals surface area contributed by atoms with E-state index in [4.69, 9.17) is 4.74 Å². The normalized spacial score (nSPS) is 17.8. The molecule has 7 heteroatoms. The maximum atomic E-state index is 12.5. The molecule has 0 radical (unpaired) electrons. The number of ether oxygens (including phenoxy) is 1. The highest BCUT2D eigenvalue weighted by Gasteiger charge is 2.33. The Bertz CT molecular complexity index is 861. The first-order valence-corrected chi connectivity index (χ1v) is 9.41. The van der Waals surface area contributed by atoms with Gasteiger partial charge in [0.1, 0.15) is 5.75 Å². The number of amides is 1. The van der Waals surface area contributed by atoms with Gasteiger partial charge in [-0.25, -0.2) is 13.1 Å². The van der Waals surface area contributed by atoms with Gasteiger partial charge in [-0.05, 0) is 43.3 Å². The van der Waals surface area contributed by atoms with Gasteiger partial charge in [0.25, 0.3) is 0 Å². The third-order valence-corrected chi connectivity index (χ3v) is 5.70. The summed E-state index contributed by atoms with van der Waals surface area (Å²) in [7, 11) is -2.17. The molecule has 6 nitrogen and oxygen atoms in total. The number of nitrogens with zero attached hydrogens (tertiary/aromatic N) is 1. The Labute approximate surface area is 147 Å². The number of methoxy groups -OCH3 is 1. The van der Waals surface area contributed by atoms with Crippen LogP contribution in [0.5, 0.6) is 5.75 Å². The summed E-state index contributed by atoms with van der Waals surface area (Å²) >= 11 is 0. The molecule has 1 amide bonds. The summed E-state index contributed by atoms with van der Waals surface area (Å²) in [5.74, 6) is 0.492. The molecular formula is C18H20N2O4S. The number of hydrogen-bond acceptors (Lipinski definition) is 4. The van der Waals surface area contributed by atoms with Gasteiger partial charge in [-0.15, -0.1) is 0 Å². The lowest BCUT2D eigenvalue weighted by Gasteiger charge is -2.17. The number of anilines is 1. The quantitative estimate of drug-likeness (QED) is 0.886. The highest BCUT2D eigenvalue weighted by Crippen LogP contribution is 2.23. The molecule has 2 aromatic carbocycles. The molecular weight excluding hydrogens is 340 g/mol. The minimum Gasteiger partial charge on any atom is -0.497 e. The lowest BCUT2D eigenvalue weighted by Crippen LogP contribution is -2.37. The molecule has 2 aromatic rings. The first-order valence-electron chi connectivity index (χ1n) is 7.92. The fraction of sp³-hybridized carbons (Fsp3) is 0.278. The Morgan fingerprint density at radius 3 is 2.32 bits per heavy atom. The maximum absolute atomic E-state index is 12.5. The highest BCUT2D eigenvalue weighted by atomic mass is 32.2. The molecule has 1 N–H and O–H groups in total. The van der Waals surface area contributed by atoms with Crippen LogP contribution >= 0.6 is 0 Å². The first kappa shape index (κ1) is 17.4. The standard InChI is InChI=1S/C18H20N2O4S/c1-13-3-5-15(6-4-13)20-12-14(11-18(20)21)19-25(22,23)17-9-7-16(24-2)8-10-17/h3-10,14,19H,11-12H2,1-2H3/t14-/m1/s1. The van der Waals surface area contributed by atoms with E-state index in [0.29, 0.717) is 12.3 Å². The van der Waals surface area contributed by atoms with Gasteiger partial charge in [0.05, 0.1) is 12.0 Å². The van der Waals surface area contributed by atoms with Crippen LogP contribution < -0.4 is 14.4 Å². The van der Waals surface area contributed by atoms with E-state index >= 15 is 0 Å². The van der Waals surface area contributed by atoms with Gasteiger partial charge in [0.2, 0.25) is 15.9 Å². The van der Waals surface area contributed by atoms with E-state index in [1.54, 1.807) is 17.0 Å². The minimum absolute atomic E-state index is 0.0914. The van der Waals surface area contributed by atoms with Crippen LogP contribution in [0.2, 0.25) is 0 Å². The van der Waals surface area contributed by atoms with Crippen LogP contribution in [0.4, 0.5) is 5.69 Å². The first-order chi connectivity index (χ1) is 11.9. The second-order valence-electron chi connectivity index (χ2n) is 6.04. The molecule has 0 saturated carbocycles. The van der Waals surface area contributed by atoms with E-state index in [1.165, 1.54) is 19.2 Å². The van der Waals surface area contributed by atoms with Crippen LogP contribution in [0.1, 0.15) is 12.0 Å². The van der Waals surface area contributed by atoms with Gasteiger partial charge in [0, 0.05) is 24.7 Å². The molecule has 0 aromatic heterocycles. The molecule has 1 aliphatic rings. The number of aryl methyl sites for hydroxylation is 1. The van der Waals surface area contributed by atoms with Crippen molar-refractivity contribution in [3.8, 4) is 5.75 Å². The number of carbonyl (C=O) groups excluding carboxylic acids is 1. The number of carbonyl (C=O) groups is 1. The van der Waals surface area contributed by atoms with Gasteiger partial charge in [-0.2, -0.15) is 0 Å². The number of benzene rings is 2. The molecule has 0 unspecified atom stereocenters. The molecule has 1 saturated heterocycles. The number of nitrogens with one attached hydrogen (secondary N) is 1. The summed E-state index contributed by atoms with van der Waals surface area (Å²) in [6, 6.07) is 13.3. The van der Waals surface area contributed by atoms with Crippen molar-refractivity contribution in [3.63, 3.8) is 0 Å². The SMILES string of the molecule is COc1ccc(S(=O)(=O)N[C@@H]2CC(=O)N(c3ccc(C)cc3)C2)cc1. The smallest absolute Gasteiger partial charge is 0.240 e. The predicted molar refractivity (Wildman–Crippen MR) is 95.3 cm³/mol. The zero-order valence-corrected chi connectivity index (χ0v) is 14.9. The maximum Gasteiger partial charge on any atom is 0.240 e. The van der Waals surface area contributed by atoms with Crippen LogP contribution in [0.3, 0.4) is 0 Å². The summed E-state index contributed by atoms with van der Waals surface area (Å²) in [6.07, 6.45) is 0.142. The molecule has 25 heavy (non-hydrogen) atoms. The zero-order chi connectivity index (χ0) is 18.0. The van der Waals surface area contributed by atoms with E-state index in [9.17, 15) is 13.2 Å². The van der Waals surface area contributed by atoms with Gasteiger partial charge in [0.15, 0.2) is 0 Å². The summed E-state index contributed by atoms with van der Waals surface area (Å²) in [4.78, 5) is 14.0. The molecule has 1 fully saturated rings. The van der Waals surface area contributed by atoms with Crippen LogP contribution in [0.15, 0.2) is 53.4 Å². The van der Waals surface area contributed by atoms with Gasteiger partial charge < -0.3 is 9.64 Å². The van der Waals surface area contributed by atoms with Gasteiger partial charge in [-0.3, -0.25) is 4.79 Å². The molecule has 1 heterocycles. The van der Waals surface area contributed by atoms with Crippen LogP contribution in [0.25, 0.3) is 0 Å². The topological polar surface area (TPSA) is 75.7 Å². The zero-order valence-electron chi connectivity index (χ0n) is 14.1. The molecule has 3 rings (SSSR count). The van der Waals surface area contributed by atoms with E-state index in [2.05, 4.69) is 4.72 Å². The Morgan fingerprint density at radius 1 is 1.08 bits per heavy atom. The van der Waals surface area contributed by atoms with Crippen LogP contribution in [-0.2, 0) is 14.8 Å². The number of sulfonamides is 1. The monoisotopic (exact) mass is 360 g/mol. The van der Waals surface area contributed by atoms with Gasteiger partial charge in [-0.1, -0.05) is 17.7 Å². The molecule has 0 bridgehead atoms. The van der Waals surface area contributed by atoms with Crippen molar-refractivity contribution >= 4 is 21.6 Å². The van der Waals surface area contributed by atoms with E-state index < -0.39 is 16.1 Å². The molecule has 132 valence electrons. The Hall–Kier alpha value is -2.38. The van der Waals surface area contributed by atoms with Crippen molar-refractivity contribution in [3.05, 3.63) is 54.1 Å². The minimum atomic E-state index is -3.69. The highest BCUT2D eigenvalue weighted by molar-refractivity contribution is 7.89. The molecule has 0 aliphatic carbocycles. The van der Waals surface area contributed by atoms with Crippen LogP contribution in [0, 0.1) is 6.92 Å². The van der Waals surface area contributed by atoms with Crippen molar-refractivity contribution in [1.82, 2.24) is 4.72 Å². The third-order valence-electron chi connectivity index (χ3n) is 4.16. The summed E-state index contributed by atoms with van der Waals surface area (Å²) in [5, 5.41) is 0. The Kier molecular flexibility index (Phi) is 4.78. The second-order valence-corrected chi connectivity index (χ2v) is 7.75. The number of rotatable bonds is 5. The summed E-state index contributed by atoms with van der Waals surface area (Å²) in [6.45, 7) is 2.29. The lowest BCUT2D eigenvalue weighted by molar-refractivity contribution is -0.117. The van der Waals surface area contributed by atoms with Crippen molar-refractivity contribution < 1.29 is 17.9 Å². The van der Waals surface area contributed by atoms with E-state index in [-0.39, 0.29) is 17.2 Å². The average Bonchev–Trinajstić information content (AvgIpc) is 2.95. The van der Waals surface area contributed by atoms with Crippen molar-refractivity contribution in [1.29, 1.82) is 0 Å². The second kappa shape index (κ2) is 6.85. The molecule has 1 aliphatic heterocycles. The fourth-order valence-electron chi connectivity index (χ4n) is 2.80. The van der Waals surface area contributed by atoms with Gasteiger partial charge >= 0.3 is 0 Å². The van der Waals surface area contributed by atoms with E-state index in [0.717, 1.165) is 11.3 Å². The largest absolute Gasteiger partial charge is 0.497 e. The van der Waals surface area contributed by atoms with Crippen molar-refractivity contribution in [2.45, 2.75) is 24.3 Å². The third kappa shape index (κ3) is 3.83. The summed E-state index contributed by atoms with van der Waals surface area (Å²) < 4.78 is 32.7. The van der Waals surface area contributed by atoms with Crippen molar-refractivity contribution in [2.75, 3.05) is 18.6 Å². The van der Waals surface area contributed by atoms with Crippen LogP contribution in [-0.4, -0.2) is 34.0 Å². The Morgan fingerprint density at radius 2 is 1.72 bits per heavy atom. The predicted octanol–water partition coefficient (Wildman–Crippen LogP) is 2.09.